The van der Waals surface area contributed by atoms with Gasteiger partial charge in [-0.1, -0.05) is 15.9 Å². The molecule has 1 heterocycles. The predicted octanol–water partition coefficient (Wildman–Crippen LogP) is 1.84. The number of nitrogens with zero attached hydrogens (tertiary/aromatic N) is 2. The Morgan fingerprint density at radius 3 is 2.73 bits per heavy atom. The van der Waals surface area contributed by atoms with Gasteiger partial charge in [0.25, 0.3) is 5.69 Å². The number of sulfonamides is 1. The zero-order chi connectivity index (χ0) is 16.5. The number of carboxylic acids is 1. The van der Waals surface area contributed by atoms with Crippen molar-refractivity contribution >= 4 is 37.6 Å². The third-order valence-corrected chi connectivity index (χ3v) is 5.86. The molecule has 1 fully saturated rings. The van der Waals surface area contributed by atoms with Crippen LogP contribution in [0.1, 0.15) is 12.8 Å². The summed E-state index contributed by atoms with van der Waals surface area (Å²) in [5, 5.41) is 20.1. The number of hydrogen-bond acceptors (Lipinski definition) is 5. The fourth-order valence-corrected chi connectivity index (χ4v) is 4.57. The van der Waals surface area contributed by atoms with Gasteiger partial charge in [0.2, 0.25) is 10.0 Å². The molecule has 0 amide bonds. The van der Waals surface area contributed by atoms with Crippen molar-refractivity contribution in [2.45, 2.75) is 17.7 Å². The van der Waals surface area contributed by atoms with Gasteiger partial charge in [-0.25, -0.2) is 8.42 Å². The van der Waals surface area contributed by atoms with E-state index in [4.69, 9.17) is 5.11 Å². The van der Waals surface area contributed by atoms with Crippen LogP contribution in [-0.2, 0) is 14.8 Å². The first-order chi connectivity index (χ1) is 10.2. The Labute approximate surface area is 135 Å². The van der Waals surface area contributed by atoms with Crippen LogP contribution in [0.25, 0.3) is 0 Å². The van der Waals surface area contributed by atoms with Gasteiger partial charge in [-0.05, 0) is 25.0 Å². The summed E-state index contributed by atoms with van der Waals surface area (Å²) in [7, 11) is -4.13. The van der Waals surface area contributed by atoms with E-state index in [1.807, 2.05) is 0 Å². The highest BCUT2D eigenvalue weighted by Gasteiger charge is 2.36. The molecule has 1 N–H and O–H groups in total. The van der Waals surface area contributed by atoms with Crippen molar-refractivity contribution in [3.8, 4) is 0 Å². The second-order valence-electron chi connectivity index (χ2n) is 4.91. The number of carbonyl (C=O) groups is 1. The Kier molecular flexibility index (Phi) is 4.83. The Morgan fingerprint density at radius 2 is 2.14 bits per heavy atom. The number of nitro groups is 1. The van der Waals surface area contributed by atoms with E-state index < -0.39 is 37.4 Å². The molecular weight excluding hydrogens is 380 g/mol. The molecule has 0 saturated carbocycles. The van der Waals surface area contributed by atoms with E-state index in [1.165, 1.54) is 6.07 Å². The number of halogens is 1. The first kappa shape index (κ1) is 16.8. The van der Waals surface area contributed by atoms with Crippen molar-refractivity contribution in [1.82, 2.24) is 4.31 Å². The van der Waals surface area contributed by atoms with Gasteiger partial charge in [-0.2, -0.15) is 4.31 Å². The highest BCUT2D eigenvalue weighted by molar-refractivity contribution is 9.10. The molecule has 120 valence electrons. The number of benzene rings is 1. The fraction of sp³-hybridized carbons (Fsp3) is 0.417. The number of carboxylic acid groups (broad SMARTS) is 1. The molecule has 0 bridgehead atoms. The Bertz CT molecular complexity index is 720. The van der Waals surface area contributed by atoms with E-state index in [2.05, 4.69) is 15.9 Å². The second-order valence-corrected chi connectivity index (χ2v) is 7.73. The maximum Gasteiger partial charge on any atom is 0.307 e. The average molecular weight is 393 g/mol. The van der Waals surface area contributed by atoms with Crippen molar-refractivity contribution in [1.29, 1.82) is 0 Å². The highest BCUT2D eigenvalue weighted by Crippen LogP contribution is 2.31. The third kappa shape index (κ3) is 3.28. The minimum atomic E-state index is -4.13. The number of rotatable bonds is 4. The summed E-state index contributed by atoms with van der Waals surface area (Å²) in [6, 6.07) is 3.65. The van der Waals surface area contributed by atoms with Crippen molar-refractivity contribution in [2.24, 2.45) is 5.92 Å². The minimum Gasteiger partial charge on any atom is -0.481 e. The van der Waals surface area contributed by atoms with Gasteiger partial charge in [-0.3, -0.25) is 14.9 Å². The summed E-state index contributed by atoms with van der Waals surface area (Å²) >= 11 is 3.10. The largest absolute Gasteiger partial charge is 0.481 e. The Hall–Kier alpha value is -1.52. The molecule has 0 radical (unpaired) electrons. The van der Waals surface area contributed by atoms with Crippen molar-refractivity contribution in [2.75, 3.05) is 13.1 Å². The quantitative estimate of drug-likeness (QED) is 0.616. The molecule has 22 heavy (non-hydrogen) atoms. The minimum absolute atomic E-state index is 0.149. The van der Waals surface area contributed by atoms with Crippen LogP contribution in [0.15, 0.2) is 27.6 Å². The number of piperidine rings is 1. The third-order valence-electron chi connectivity index (χ3n) is 3.47. The molecule has 0 aromatic heterocycles. The smallest absolute Gasteiger partial charge is 0.307 e. The van der Waals surface area contributed by atoms with E-state index in [-0.39, 0.29) is 13.1 Å². The lowest BCUT2D eigenvalue weighted by atomic mass is 10.0. The van der Waals surface area contributed by atoms with E-state index in [0.717, 1.165) is 16.4 Å². The van der Waals surface area contributed by atoms with E-state index in [9.17, 15) is 23.3 Å². The van der Waals surface area contributed by atoms with Gasteiger partial charge in [0, 0.05) is 23.6 Å². The van der Waals surface area contributed by atoms with Crippen LogP contribution in [0.2, 0.25) is 0 Å². The summed E-state index contributed by atoms with van der Waals surface area (Å²) in [6.45, 7) is -0.0306. The van der Waals surface area contributed by atoms with Crippen molar-refractivity contribution in [3.05, 3.63) is 32.8 Å². The second kappa shape index (κ2) is 6.31. The maximum absolute atomic E-state index is 12.6. The van der Waals surface area contributed by atoms with Crippen LogP contribution in [0.5, 0.6) is 0 Å². The first-order valence-electron chi connectivity index (χ1n) is 6.40. The molecule has 1 atom stereocenters. The summed E-state index contributed by atoms with van der Waals surface area (Å²) in [4.78, 5) is 20.9. The lowest BCUT2D eigenvalue weighted by Gasteiger charge is -2.29. The molecule has 1 aliphatic rings. The fourth-order valence-electron chi connectivity index (χ4n) is 2.35. The first-order valence-corrected chi connectivity index (χ1v) is 8.63. The topological polar surface area (TPSA) is 118 Å². The van der Waals surface area contributed by atoms with Crippen LogP contribution in [0.4, 0.5) is 5.69 Å². The normalized spacial score (nSPS) is 19.8. The molecule has 2 rings (SSSR count). The van der Waals surface area contributed by atoms with Gasteiger partial charge >= 0.3 is 5.97 Å². The van der Waals surface area contributed by atoms with E-state index in [1.54, 1.807) is 0 Å². The van der Waals surface area contributed by atoms with Gasteiger partial charge in [-0.15, -0.1) is 0 Å². The lowest BCUT2D eigenvalue weighted by molar-refractivity contribution is -0.387. The van der Waals surface area contributed by atoms with Crippen LogP contribution in [-0.4, -0.2) is 41.8 Å². The predicted molar refractivity (Wildman–Crippen MR) is 79.9 cm³/mol. The van der Waals surface area contributed by atoms with Gasteiger partial charge < -0.3 is 5.11 Å². The molecule has 10 heteroatoms. The lowest BCUT2D eigenvalue weighted by Crippen LogP contribution is -2.42. The van der Waals surface area contributed by atoms with Crippen molar-refractivity contribution in [3.63, 3.8) is 0 Å². The Morgan fingerprint density at radius 1 is 1.45 bits per heavy atom. The molecule has 1 saturated heterocycles. The summed E-state index contributed by atoms with van der Waals surface area (Å²) in [5.41, 5.74) is -0.527. The molecule has 1 aliphatic heterocycles. The summed E-state index contributed by atoms with van der Waals surface area (Å²) in [6.07, 6.45) is 0.792. The van der Waals surface area contributed by atoms with Crippen LogP contribution >= 0.6 is 15.9 Å². The van der Waals surface area contributed by atoms with E-state index >= 15 is 0 Å². The summed E-state index contributed by atoms with van der Waals surface area (Å²) in [5.74, 6) is -1.86. The van der Waals surface area contributed by atoms with Gasteiger partial charge in [0.1, 0.15) is 0 Å². The molecule has 1 aromatic rings. The Balaban J connectivity index is 2.44. The van der Waals surface area contributed by atoms with Crippen LogP contribution in [0, 0.1) is 16.0 Å². The number of nitro benzene ring substituents is 1. The zero-order valence-corrected chi connectivity index (χ0v) is 13.7. The van der Waals surface area contributed by atoms with Crippen molar-refractivity contribution < 1.29 is 23.2 Å². The molecule has 1 unspecified atom stereocenters. The highest BCUT2D eigenvalue weighted by atomic mass is 79.9. The van der Waals surface area contributed by atoms with E-state index in [0.29, 0.717) is 17.3 Å². The number of aliphatic carboxylic acids is 1. The van der Waals surface area contributed by atoms with Crippen LogP contribution in [0.3, 0.4) is 0 Å². The van der Waals surface area contributed by atoms with Crippen LogP contribution < -0.4 is 0 Å². The standard InChI is InChI=1S/C12H13BrN2O6S/c13-9-3-4-10(15(18)19)11(6-9)22(20,21)14-5-1-2-8(7-14)12(16)17/h3-4,6,8H,1-2,5,7H2,(H,16,17). The van der Waals surface area contributed by atoms with Gasteiger partial charge in [0.15, 0.2) is 4.90 Å². The molecule has 8 nitrogen and oxygen atoms in total. The number of hydrogen-bond donors (Lipinski definition) is 1. The maximum atomic E-state index is 12.6. The summed E-state index contributed by atoms with van der Waals surface area (Å²) < 4.78 is 26.7. The monoisotopic (exact) mass is 392 g/mol. The zero-order valence-electron chi connectivity index (χ0n) is 11.3. The molecular formula is C12H13BrN2O6S. The SMILES string of the molecule is O=C(O)C1CCCN(S(=O)(=O)c2cc(Br)ccc2[N+](=O)[O-])C1. The molecule has 0 aliphatic carbocycles. The molecule has 1 aromatic carbocycles. The van der Waals surface area contributed by atoms with Gasteiger partial charge in [0.05, 0.1) is 10.8 Å². The molecule has 0 spiro atoms. The average Bonchev–Trinajstić information content (AvgIpc) is 2.47.